The Morgan fingerprint density at radius 1 is 1.50 bits per heavy atom. The molecule has 0 saturated carbocycles. The molecule has 0 radical (unpaired) electrons. The number of aromatic nitrogens is 1. The number of rotatable bonds is 4. The molecule has 0 saturated heterocycles. The third-order valence-electron chi connectivity index (χ3n) is 2.58. The van der Waals surface area contributed by atoms with Crippen molar-refractivity contribution in [1.29, 1.82) is 0 Å². The highest BCUT2D eigenvalue weighted by Gasteiger charge is 2.11. The monoisotopic (exact) mass is 220 g/mol. The Bertz CT molecular complexity index is 479. The lowest BCUT2D eigenvalue weighted by Crippen LogP contribution is -2.10. The van der Waals surface area contributed by atoms with E-state index < -0.39 is 6.10 Å². The van der Waals surface area contributed by atoms with Gasteiger partial charge in [0.1, 0.15) is 5.75 Å². The second-order valence-electron chi connectivity index (χ2n) is 3.64. The van der Waals surface area contributed by atoms with Crippen molar-refractivity contribution in [2.75, 3.05) is 13.2 Å². The molecule has 0 bridgehead atoms. The standard InChI is InChI=1S/C12H16N2O2/c1-2-16-8-3-4-11-9(5-8)10(7-14-11)12(15)6-13/h3-5,7,12,14-15H,2,6,13H2,1H3. The van der Waals surface area contributed by atoms with Crippen LogP contribution in [0.25, 0.3) is 10.9 Å². The molecule has 4 nitrogen and oxygen atoms in total. The van der Waals surface area contributed by atoms with Crippen LogP contribution in [-0.4, -0.2) is 23.2 Å². The number of fused-ring (bicyclic) bond motifs is 1. The van der Waals surface area contributed by atoms with E-state index in [4.69, 9.17) is 10.5 Å². The van der Waals surface area contributed by atoms with E-state index in [1.54, 1.807) is 6.20 Å². The van der Waals surface area contributed by atoms with Crippen LogP contribution in [0.3, 0.4) is 0 Å². The maximum absolute atomic E-state index is 9.75. The summed E-state index contributed by atoms with van der Waals surface area (Å²) >= 11 is 0. The van der Waals surface area contributed by atoms with Crippen molar-refractivity contribution in [3.05, 3.63) is 30.0 Å². The van der Waals surface area contributed by atoms with Crippen molar-refractivity contribution in [3.63, 3.8) is 0 Å². The minimum absolute atomic E-state index is 0.214. The van der Waals surface area contributed by atoms with Gasteiger partial charge in [-0.3, -0.25) is 0 Å². The summed E-state index contributed by atoms with van der Waals surface area (Å²) in [6, 6.07) is 5.76. The molecule has 0 aliphatic rings. The van der Waals surface area contributed by atoms with Gasteiger partial charge in [-0.25, -0.2) is 0 Å². The van der Waals surface area contributed by atoms with Crippen molar-refractivity contribution >= 4 is 10.9 Å². The van der Waals surface area contributed by atoms with E-state index in [0.29, 0.717) is 6.61 Å². The predicted molar refractivity (Wildman–Crippen MR) is 63.5 cm³/mol. The largest absolute Gasteiger partial charge is 0.494 e. The summed E-state index contributed by atoms with van der Waals surface area (Å²) in [5, 5.41) is 10.7. The molecule has 0 amide bonds. The number of benzene rings is 1. The molecule has 86 valence electrons. The summed E-state index contributed by atoms with van der Waals surface area (Å²) in [7, 11) is 0. The molecule has 0 aliphatic carbocycles. The lowest BCUT2D eigenvalue weighted by Gasteiger charge is -2.07. The molecule has 16 heavy (non-hydrogen) atoms. The highest BCUT2D eigenvalue weighted by atomic mass is 16.5. The first-order chi connectivity index (χ1) is 7.76. The summed E-state index contributed by atoms with van der Waals surface area (Å²) in [6.45, 7) is 2.79. The number of nitrogens with one attached hydrogen (secondary N) is 1. The van der Waals surface area contributed by atoms with Gasteiger partial charge in [-0.05, 0) is 25.1 Å². The summed E-state index contributed by atoms with van der Waals surface area (Å²) < 4.78 is 5.42. The first kappa shape index (κ1) is 11.0. The van der Waals surface area contributed by atoms with Gasteiger partial charge in [0.2, 0.25) is 0 Å². The Morgan fingerprint density at radius 2 is 2.31 bits per heavy atom. The van der Waals surface area contributed by atoms with Gasteiger partial charge >= 0.3 is 0 Å². The molecule has 0 aliphatic heterocycles. The van der Waals surface area contributed by atoms with Crippen LogP contribution in [0.1, 0.15) is 18.6 Å². The van der Waals surface area contributed by atoms with Crippen LogP contribution in [0.5, 0.6) is 5.75 Å². The molecular weight excluding hydrogens is 204 g/mol. The molecule has 1 aromatic carbocycles. The zero-order valence-corrected chi connectivity index (χ0v) is 9.23. The fraction of sp³-hybridized carbons (Fsp3) is 0.333. The molecule has 0 spiro atoms. The fourth-order valence-corrected chi connectivity index (χ4v) is 1.78. The Morgan fingerprint density at radius 3 is 3.00 bits per heavy atom. The average Bonchev–Trinajstić information content (AvgIpc) is 2.71. The van der Waals surface area contributed by atoms with E-state index in [1.165, 1.54) is 0 Å². The van der Waals surface area contributed by atoms with Crippen LogP contribution in [0, 0.1) is 0 Å². The number of aliphatic hydroxyl groups is 1. The van der Waals surface area contributed by atoms with Crippen LogP contribution >= 0.6 is 0 Å². The van der Waals surface area contributed by atoms with Crippen LogP contribution in [0.2, 0.25) is 0 Å². The van der Waals surface area contributed by atoms with Gasteiger partial charge in [0.25, 0.3) is 0 Å². The highest BCUT2D eigenvalue weighted by molar-refractivity contribution is 5.85. The fourth-order valence-electron chi connectivity index (χ4n) is 1.78. The maximum Gasteiger partial charge on any atom is 0.120 e. The molecule has 4 N–H and O–H groups in total. The number of H-pyrrole nitrogens is 1. The summed E-state index contributed by atoms with van der Waals surface area (Å²) in [5.74, 6) is 0.806. The van der Waals surface area contributed by atoms with Gasteiger partial charge in [-0.1, -0.05) is 0 Å². The Kier molecular flexibility index (Phi) is 3.12. The van der Waals surface area contributed by atoms with Crippen molar-refractivity contribution in [1.82, 2.24) is 4.98 Å². The first-order valence-electron chi connectivity index (χ1n) is 5.38. The zero-order valence-electron chi connectivity index (χ0n) is 9.23. The van der Waals surface area contributed by atoms with Gasteiger partial charge in [0.05, 0.1) is 12.7 Å². The van der Waals surface area contributed by atoms with Crippen LogP contribution < -0.4 is 10.5 Å². The Labute approximate surface area is 94.0 Å². The second kappa shape index (κ2) is 4.55. The highest BCUT2D eigenvalue weighted by Crippen LogP contribution is 2.27. The molecule has 1 heterocycles. The second-order valence-corrected chi connectivity index (χ2v) is 3.64. The van der Waals surface area contributed by atoms with E-state index in [9.17, 15) is 5.11 Å². The Hall–Kier alpha value is -1.52. The molecule has 2 rings (SSSR count). The molecule has 1 unspecified atom stereocenters. The Balaban J connectivity index is 2.47. The van der Waals surface area contributed by atoms with Crippen LogP contribution in [0.4, 0.5) is 0 Å². The molecule has 2 aromatic rings. The number of nitrogens with two attached hydrogens (primary N) is 1. The van der Waals surface area contributed by atoms with Crippen molar-refractivity contribution in [3.8, 4) is 5.75 Å². The van der Waals surface area contributed by atoms with Gasteiger partial charge < -0.3 is 20.6 Å². The third-order valence-corrected chi connectivity index (χ3v) is 2.58. The summed E-state index contributed by atoms with van der Waals surface area (Å²) in [6.07, 6.45) is 1.16. The van der Waals surface area contributed by atoms with Crippen molar-refractivity contribution in [2.24, 2.45) is 5.73 Å². The lowest BCUT2D eigenvalue weighted by molar-refractivity contribution is 0.188. The quantitative estimate of drug-likeness (QED) is 0.732. The van der Waals surface area contributed by atoms with E-state index in [1.807, 2.05) is 25.1 Å². The van der Waals surface area contributed by atoms with Gasteiger partial charge in [-0.2, -0.15) is 0 Å². The summed E-state index contributed by atoms with van der Waals surface area (Å²) in [4.78, 5) is 3.10. The van der Waals surface area contributed by atoms with E-state index in [-0.39, 0.29) is 6.54 Å². The minimum Gasteiger partial charge on any atom is -0.494 e. The average molecular weight is 220 g/mol. The van der Waals surface area contributed by atoms with Crippen LogP contribution in [-0.2, 0) is 0 Å². The van der Waals surface area contributed by atoms with Gasteiger partial charge in [-0.15, -0.1) is 0 Å². The number of ether oxygens (including phenoxy) is 1. The normalized spacial score (nSPS) is 12.9. The van der Waals surface area contributed by atoms with E-state index in [0.717, 1.165) is 22.2 Å². The van der Waals surface area contributed by atoms with Gasteiger partial charge in [0.15, 0.2) is 0 Å². The summed E-state index contributed by atoms with van der Waals surface area (Å²) in [5.41, 5.74) is 7.25. The lowest BCUT2D eigenvalue weighted by atomic mass is 10.1. The van der Waals surface area contributed by atoms with E-state index in [2.05, 4.69) is 4.98 Å². The molecule has 1 aromatic heterocycles. The molecular formula is C12H16N2O2. The number of hydrogen-bond donors (Lipinski definition) is 3. The van der Waals surface area contributed by atoms with Gasteiger partial charge in [0, 0.05) is 29.2 Å². The van der Waals surface area contributed by atoms with Crippen LogP contribution in [0.15, 0.2) is 24.4 Å². The number of hydrogen-bond acceptors (Lipinski definition) is 3. The van der Waals surface area contributed by atoms with E-state index >= 15 is 0 Å². The SMILES string of the molecule is CCOc1ccc2[nH]cc(C(O)CN)c2c1. The predicted octanol–water partition coefficient (Wildman–Crippen LogP) is 1.56. The van der Waals surface area contributed by atoms with Crippen molar-refractivity contribution < 1.29 is 9.84 Å². The first-order valence-corrected chi connectivity index (χ1v) is 5.38. The minimum atomic E-state index is -0.634. The maximum atomic E-state index is 9.75. The molecule has 1 atom stereocenters. The smallest absolute Gasteiger partial charge is 0.120 e. The zero-order chi connectivity index (χ0) is 11.5. The van der Waals surface area contributed by atoms with Crippen molar-refractivity contribution in [2.45, 2.75) is 13.0 Å². The molecule has 0 fully saturated rings. The molecule has 4 heteroatoms. The number of aliphatic hydroxyl groups excluding tert-OH is 1. The topological polar surface area (TPSA) is 71.3 Å². The third kappa shape index (κ3) is 1.89. The number of aromatic amines is 1.